The van der Waals surface area contributed by atoms with E-state index in [1.165, 1.54) is 11.1 Å². The summed E-state index contributed by atoms with van der Waals surface area (Å²) in [6.07, 6.45) is 3.31. The summed E-state index contributed by atoms with van der Waals surface area (Å²) < 4.78 is 5.43. The Labute approximate surface area is 238 Å². The van der Waals surface area contributed by atoms with Gasteiger partial charge in [0.2, 0.25) is 5.91 Å². The molecule has 9 heteroatoms. The van der Waals surface area contributed by atoms with E-state index in [0.29, 0.717) is 6.42 Å². The summed E-state index contributed by atoms with van der Waals surface area (Å²) >= 11 is 0. The zero-order valence-corrected chi connectivity index (χ0v) is 24.7. The Kier molecular flexibility index (Phi) is 12.0. The molecule has 3 amide bonds. The van der Waals surface area contributed by atoms with Gasteiger partial charge >= 0.3 is 12.2 Å². The van der Waals surface area contributed by atoms with E-state index < -0.39 is 23.8 Å². The second kappa shape index (κ2) is 14.7. The molecule has 0 aliphatic heterocycles. The van der Waals surface area contributed by atoms with Crippen molar-refractivity contribution in [3.63, 3.8) is 0 Å². The Balaban J connectivity index is 0.00000131. The Morgan fingerprint density at radius 1 is 1.02 bits per heavy atom. The lowest BCUT2D eigenvalue weighted by molar-refractivity contribution is -0.124. The highest BCUT2D eigenvalue weighted by Crippen LogP contribution is 2.35. The fourth-order valence-corrected chi connectivity index (χ4v) is 4.98. The van der Waals surface area contributed by atoms with Crippen LogP contribution >= 0.6 is 0 Å². The van der Waals surface area contributed by atoms with Crippen LogP contribution in [-0.2, 0) is 22.4 Å². The molecule has 1 aliphatic rings. The Bertz CT molecular complexity index is 1080. The quantitative estimate of drug-likeness (QED) is 0.375. The smallest absolute Gasteiger partial charge is 0.408 e. The Hall–Kier alpha value is -3.59. The van der Waals surface area contributed by atoms with Gasteiger partial charge in [0.25, 0.3) is 0 Å². The molecule has 220 valence electrons. The van der Waals surface area contributed by atoms with Gasteiger partial charge in [-0.25, -0.2) is 9.59 Å². The van der Waals surface area contributed by atoms with Crippen LogP contribution in [0.25, 0.3) is 0 Å². The first-order valence-electron chi connectivity index (χ1n) is 13.7. The average Bonchev–Trinajstić information content (AvgIpc) is 2.85. The molecular formula is C31H46N4O5. The van der Waals surface area contributed by atoms with Crippen molar-refractivity contribution < 1.29 is 24.2 Å². The molecule has 9 nitrogen and oxygen atoms in total. The molecule has 3 rings (SSSR count). The number of carbonyl (C=O) groups is 3. The number of nitrogens with zero attached hydrogens (tertiary/aromatic N) is 1. The van der Waals surface area contributed by atoms with Crippen molar-refractivity contribution >= 4 is 18.1 Å². The van der Waals surface area contributed by atoms with Gasteiger partial charge in [0.1, 0.15) is 11.6 Å². The number of primary amides is 1. The summed E-state index contributed by atoms with van der Waals surface area (Å²) in [6, 6.07) is 17.9. The molecule has 0 spiro atoms. The van der Waals surface area contributed by atoms with Gasteiger partial charge in [-0.05, 0) is 85.0 Å². The molecule has 0 heterocycles. The molecule has 1 aliphatic carbocycles. The van der Waals surface area contributed by atoms with Gasteiger partial charge < -0.3 is 31.1 Å². The lowest BCUT2D eigenvalue weighted by Crippen LogP contribution is -2.55. The zero-order valence-electron chi connectivity index (χ0n) is 24.7. The Morgan fingerprint density at radius 3 is 2.08 bits per heavy atom. The molecule has 2 aromatic rings. The summed E-state index contributed by atoms with van der Waals surface area (Å²) in [5, 5.41) is 13.2. The number of carbonyl (C=O) groups excluding carboxylic acids is 2. The number of hydrogen-bond donors (Lipinski definition) is 4. The number of amides is 3. The topological polar surface area (TPSA) is 134 Å². The van der Waals surface area contributed by atoms with Crippen molar-refractivity contribution in [3.8, 4) is 0 Å². The standard InChI is InChI=1S/C30H43N3O3.CH3NO2/c1-22-12-14-24(15-13-22)21-30(33(5)6)18-16-25(17-19-30)31-27(34)26(20-23-10-8-7-9-11-23)32-28(35)36-29(2,3)4;2-1(3)4/h7-15,25-26H,16-21H2,1-6H3,(H,31,34)(H,32,35);2H2,(H,3,4). The molecule has 0 saturated heterocycles. The highest BCUT2D eigenvalue weighted by atomic mass is 16.6. The number of benzene rings is 2. The van der Waals surface area contributed by atoms with Crippen LogP contribution in [0.3, 0.4) is 0 Å². The maximum atomic E-state index is 13.3. The number of carboxylic acid groups (broad SMARTS) is 1. The number of hydrogen-bond acceptors (Lipinski definition) is 5. The number of aryl methyl sites for hydroxylation is 1. The third kappa shape index (κ3) is 11.3. The molecule has 5 N–H and O–H groups in total. The van der Waals surface area contributed by atoms with E-state index in [-0.39, 0.29) is 17.5 Å². The van der Waals surface area contributed by atoms with Gasteiger partial charge in [-0.3, -0.25) is 4.79 Å². The van der Waals surface area contributed by atoms with Crippen molar-refractivity contribution in [2.24, 2.45) is 5.73 Å². The normalized spacial score (nSPS) is 19.5. The molecule has 2 aromatic carbocycles. The van der Waals surface area contributed by atoms with Gasteiger partial charge in [0, 0.05) is 18.0 Å². The summed E-state index contributed by atoms with van der Waals surface area (Å²) in [5.41, 5.74) is 7.08. The van der Waals surface area contributed by atoms with E-state index in [1.807, 2.05) is 51.1 Å². The van der Waals surface area contributed by atoms with Gasteiger partial charge in [-0.1, -0.05) is 60.2 Å². The van der Waals surface area contributed by atoms with E-state index in [0.717, 1.165) is 37.7 Å². The number of likely N-dealkylation sites (N-methyl/N-ethyl adjacent to an activating group) is 1. The molecule has 1 fully saturated rings. The average molecular weight is 555 g/mol. The summed E-state index contributed by atoms with van der Waals surface area (Å²) in [4.78, 5) is 37.0. The molecule has 0 radical (unpaired) electrons. The fourth-order valence-electron chi connectivity index (χ4n) is 4.98. The highest BCUT2D eigenvalue weighted by molar-refractivity contribution is 5.86. The van der Waals surface area contributed by atoms with E-state index in [4.69, 9.17) is 14.6 Å². The predicted octanol–water partition coefficient (Wildman–Crippen LogP) is 4.66. The van der Waals surface area contributed by atoms with Crippen LogP contribution in [0.4, 0.5) is 9.59 Å². The number of ether oxygens (including phenoxy) is 1. The van der Waals surface area contributed by atoms with E-state index in [9.17, 15) is 9.59 Å². The number of alkyl carbamates (subject to hydrolysis) is 1. The van der Waals surface area contributed by atoms with Crippen LogP contribution in [0.1, 0.15) is 63.1 Å². The van der Waals surface area contributed by atoms with E-state index in [2.05, 4.69) is 66.6 Å². The minimum Gasteiger partial charge on any atom is -0.465 e. The van der Waals surface area contributed by atoms with Crippen molar-refractivity contribution in [2.75, 3.05) is 14.1 Å². The third-order valence-corrected chi connectivity index (χ3v) is 7.16. The monoisotopic (exact) mass is 554 g/mol. The minimum atomic E-state index is -1.33. The van der Waals surface area contributed by atoms with Crippen LogP contribution in [0.15, 0.2) is 54.6 Å². The molecular weight excluding hydrogens is 508 g/mol. The Morgan fingerprint density at radius 2 is 1.57 bits per heavy atom. The maximum Gasteiger partial charge on any atom is 0.408 e. The highest BCUT2D eigenvalue weighted by Gasteiger charge is 2.38. The molecule has 0 bridgehead atoms. The number of nitrogens with two attached hydrogens (primary N) is 1. The lowest BCUT2D eigenvalue weighted by atomic mass is 9.74. The van der Waals surface area contributed by atoms with Crippen molar-refractivity contribution in [1.82, 2.24) is 15.5 Å². The van der Waals surface area contributed by atoms with Crippen LogP contribution in [0.2, 0.25) is 0 Å². The second-order valence-electron chi connectivity index (χ2n) is 11.8. The second-order valence-corrected chi connectivity index (χ2v) is 11.8. The summed E-state index contributed by atoms with van der Waals surface area (Å²) in [6.45, 7) is 7.56. The minimum absolute atomic E-state index is 0.0781. The molecule has 1 atom stereocenters. The molecule has 0 aromatic heterocycles. The first-order valence-corrected chi connectivity index (χ1v) is 13.7. The number of nitrogens with one attached hydrogen (secondary N) is 2. The SMILES string of the molecule is Cc1ccc(CC2(N(C)C)CCC(NC(=O)C(Cc3ccccc3)NC(=O)OC(C)(C)C)CC2)cc1.NC(=O)O. The van der Waals surface area contributed by atoms with Gasteiger partial charge in [-0.15, -0.1) is 0 Å². The van der Waals surface area contributed by atoms with Crippen LogP contribution < -0.4 is 16.4 Å². The van der Waals surface area contributed by atoms with Gasteiger partial charge in [0.05, 0.1) is 0 Å². The first-order chi connectivity index (χ1) is 18.7. The molecule has 1 unspecified atom stereocenters. The van der Waals surface area contributed by atoms with Crippen molar-refractivity contribution in [2.45, 2.75) is 89.4 Å². The fraction of sp³-hybridized carbons (Fsp3) is 0.516. The third-order valence-electron chi connectivity index (χ3n) is 7.16. The van der Waals surface area contributed by atoms with E-state index in [1.54, 1.807) is 0 Å². The molecule has 40 heavy (non-hydrogen) atoms. The predicted molar refractivity (Wildman–Crippen MR) is 157 cm³/mol. The number of rotatable bonds is 8. The maximum absolute atomic E-state index is 13.3. The van der Waals surface area contributed by atoms with Gasteiger partial charge in [0.15, 0.2) is 0 Å². The largest absolute Gasteiger partial charge is 0.465 e. The van der Waals surface area contributed by atoms with Crippen LogP contribution in [-0.4, -0.2) is 65.4 Å². The lowest BCUT2D eigenvalue weighted by Gasteiger charge is -2.45. The first kappa shape index (κ1) is 32.6. The zero-order chi connectivity index (χ0) is 29.9. The summed E-state index contributed by atoms with van der Waals surface area (Å²) in [5.74, 6) is -0.161. The van der Waals surface area contributed by atoms with Crippen LogP contribution in [0.5, 0.6) is 0 Å². The van der Waals surface area contributed by atoms with Crippen molar-refractivity contribution in [3.05, 3.63) is 71.3 Å². The van der Waals surface area contributed by atoms with Crippen LogP contribution in [0, 0.1) is 6.92 Å². The van der Waals surface area contributed by atoms with E-state index >= 15 is 0 Å². The van der Waals surface area contributed by atoms with Crippen molar-refractivity contribution in [1.29, 1.82) is 0 Å². The molecule has 1 saturated carbocycles. The summed E-state index contributed by atoms with van der Waals surface area (Å²) in [7, 11) is 4.32. The van der Waals surface area contributed by atoms with Gasteiger partial charge in [-0.2, -0.15) is 0 Å².